The standard InChI is InChI=1S/C22H32N4O2S2/c27-19(23-10-6-13-26-11-3-1-2-4-12-26)9-14-29-15-18-24-21(28)20-16-7-5-8-17(16)30-22(20)25-18/h1-15H2,(H,23,27)(H,24,25,28). The van der Waals surface area contributed by atoms with Gasteiger partial charge in [-0.3, -0.25) is 9.59 Å². The van der Waals surface area contributed by atoms with Gasteiger partial charge in [0.1, 0.15) is 10.7 Å². The summed E-state index contributed by atoms with van der Waals surface area (Å²) in [6.45, 7) is 4.26. The molecule has 1 fully saturated rings. The van der Waals surface area contributed by atoms with Crippen molar-refractivity contribution < 1.29 is 4.79 Å². The SMILES string of the molecule is O=C(CCSCc1nc2sc3c(c2c(=O)[nH]1)CCC3)NCCCN1CCCCCC1. The van der Waals surface area contributed by atoms with Crippen molar-refractivity contribution in [3.63, 3.8) is 0 Å². The number of nitrogens with one attached hydrogen (secondary N) is 2. The quantitative estimate of drug-likeness (QED) is 0.574. The topological polar surface area (TPSA) is 78.1 Å². The monoisotopic (exact) mass is 448 g/mol. The summed E-state index contributed by atoms with van der Waals surface area (Å²) in [5.74, 6) is 2.21. The molecule has 2 aromatic rings. The van der Waals surface area contributed by atoms with E-state index >= 15 is 0 Å². The number of thiophene rings is 1. The van der Waals surface area contributed by atoms with Gasteiger partial charge < -0.3 is 15.2 Å². The molecule has 30 heavy (non-hydrogen) atoms. The van der Waals surface area contributed by atoms with Crippen molar-refractivity contribution >= 4 is 39.2 Å². The first-order chi connectivity index (χ1) is 14.7. The summed E-state index contributed by atoms with van der Waals surface area (Å²) in [5.41, 5.74) is 1.22. The number of nitrogens with zero attached hydrogens (tertiary/aromatic N) is 2. The molecule has 1 aliphatic heterocycles. The predicted octanol–water partition coefficient (Wildman–Crippen LogP) is 3.48. The zero-order chi connectivity index (χ0) is 20.8. The Hall–Kier alpha value is -1.38. The number of carbonyl (C=O) groups is 1. The Morgan fingerprint density at radius 1 is 1.17 bits per heavy atom. The van der Waals surface area contributed by atoms with Crippen LogP contribution in [0.3, 0.4) is 0 Å². The van der Waals surface area contributed by atoms with Crippen LogP contribution in [-0.4, -0.2) is 52.7 Å². The number of aromatic amines is 1. The number of thioether (sulfide) groups is 1. The second-order valence-corrected chi connectivity index (χ2v) is 10.5. The summed E-state index contributed by atoms with van der Waals surface area (Å²) >= 11 is 3.32. The van der Waals surface area contributed by atoms with Crippen LogP contribution < -0.4 is 10.9 Å². The van der Waals surface area contributed by atoms with Gasteiger partial charge in [0.2, 0.25) is 5.91 Å². The Morgan fingerprint density at radius 3 is 2.83 bits per heavy atom. The fraction of sp³-hybridized carbons (Fsp3) is 0.682. The number of rotatable bonds is 9. The molecular weight excluding hydrogens is 416 g/mol. The molecule has 2 aromatic heterocycles. The fourth-order valence-electron chi connectivity index (χ4n) is 4.43. The number of fused-ring (bicyclic) bond motifs is 3. The molecule has 0 aromatic carbocycles. The van der Waals surface area contributed by atoms with Gasteiger partial charge in [0.25, 0.3) is 5.56 Å². The molecule has 8 heteroatoms. The van der Waals surface area contributed by atoms with E-state index in [0.717, 1.165) is 60.6 Å². The van der Waals surface area contributed by atoms with E-state index in [1.54, 1.807) is 23.1 Å². The van der Waals surface area contributed by atoms with E-state index in [0.29, 0.717) is 12.2 Å². The Morgan fingerprint density at radius 2 is 2.00 bits per heavy atom. The molecule has 1 aliphatic carbocycles. The van der Waals surface area contributed by atoms with Crippen LogP contribution in [0, 0.1) is 0 Å². The first kappa shape index (κ1) is 21.8. The van der Waals surface area contributed by atoms with Crippen molar-refractivity contribution in [1.29, 1.82) is 0 Å². The molecule has 0 unspecified atom stereocenters. The minimum atomic E-state index is -0.00264. The molecular formula is C22H32N4O2S2. The molecule has 3 heterocycles. The third-order valence-corrected chi connectivity index (χ3v) is 8.16. The van der Waals surface area contributed by atoms with Crippen LogP contribution in [0.25, 0.3) is 10.2 Å². The first-order valence-corrected chi connectivity index (χ1v) is 13.3. The number of likely N-dealkylation sites (tertiary alicyclic amines) is 1. The molecule has 2 N–H and O–H groups in total. The number of carbonyl (C=O) groups excluding carboxylic acids is 1. The van der Waals surface area contributed by atoms with Crippen molar-refractivity contribution in [3.8, 4) is 0 Å². The van der Waals surface area contributed by atoms with Gasteiger partial charge in [-0.1, -0.05) is 12.8 Å². The summed E-state index contributed by atoms with van der Waals surface area (Å²) in [4.78, 5) is 36.9. The highest BCUT2D eigenvalue weighted by atomic mass is 32.2. The van der Waals surface area contributed by atoms with Gasteiger partial charge in [-0.05, 0) is 63.7 Å². The summed E-state index contributed by atoms with van der Waals surface area (Å²) in [5, 5.41) is 3.85. The van der Waals surface area contributed by atoms with Crippen LogP contribution in [0.2, 0.25) is 0 Å². The van der Waals surface area contributed by atoms with Crippen molar-refractivity contribution in [3.05, 3.63) is 26.6 Å². The van der Waals surface area contributed by atoms with Crippen LogP contribution >= 0.6 is 23.1 Å². The van der Waals surface area contributed by atoms with Crippen molar-refractivity contribution in [2.24, 2.45) is 0 Å². The number of amides is 1. The van der Waals surface area contributed by atoms with Gasteiger partial charge in [0.15, 0.2) is 0 Å². The molecule has 0 radical (unpaired) electrons. The fourth-order valence-corrected chi connectivity index (χ4v) is 6.51. The second-order valence-electron chi connectivity index (χ2n) is 8.31. The molecule has 2 aliphatic rings. The molecule has 0 atom stereocenters. The first-order valence-electron chi connectivity index (χ1n) is 11.3. The van der Waals surface area contributed by atoms with Crippen molar-refractivity contribution in [2.75, 3.05) is 31.9 Å². The highest BCUT2D eigenvalue weighted by Crippen LogP contribution is 2.34. The maximum absolute atomic E-state index is 12.5. The molecule has 4 rings (SSSR count). The second kappa shape index (κ2) is 10.8. The lowest BCUT2D eigenvalue weighted by molar-refractivity contribution is -0.120. The van der Waals surface area contributed by atoms with Gasteiger partial charge >= 0.3 is 0 Å². The molecule has 6 nitrogen and oxygen atoms in total. The van der Waals surface area contributed by atoms with Crippen LogP contribution in [0.1, 0.15) is 61.2 Å². The largest absolute Gasteiger partial charge is 0.356 e. The predicted molar refractivity (Wildman–Crippen MR) is 126 cm³/mol. The third kappa shape index (κ3) is 5.65. The number of aromatic nitrogens is 2. The molecule has 0 saturated carbocycles. The normalized spacial score (nSPS) is 17.2. The van der Waals surface area contributed by atoms with Gasteiger partial charge in [0.05, 0.1) is 11.1 Å². The Bertz CT molecular complexity index is 916. The van der Waals surface area contributed by atoms with Gasteiger partial charge in [-0.15, -0.1) is 11.3 Å². The smallest absolute Gasteiger partial charge is 0.259 e. The molecule has 164 valence electrons. The van der Waals surface area contributed by atoms with Gasteiger partial charge in [0, 0.05) is 23.6 Å². The average molecular weight is 449 g/mol. The minimum Gasteiger partial charge on any atom is -0.356 e. The van der Waals surface area contributed by atoms with E-state index in [1.165, 1.54) is 49.2 Å². The summed E-state index contributed by atoms with van der Waals surface area (Å²) in [7, 11) is 0. The maximum Gasteiger partial charge on any atom is 0.259 e. The van der Waals surface area contributed by atoms with Crippen molar-refractivity contribution in [1.82, 2.24) is 20.2 Å². The lowest BCUT2D eigenvalue weighted by atomic mass is 10.2. The number of aryl methyl sites for hydroxylation is 2. The van der Waals surface area contributed by atoms with E-state index in [2.05, 4.69) is 20.2 Å². The lowest BCUT2D eigenvalue weighted by Crippen LogP contribution is -2.30. The zero-order valence-electron chi connectivity index (χ0n) is 17.6. The van der Waals surface area contributed by atoms with Gasteiger partial charge in [-0.2, -0.15) is 11.8 Å². The zero-order valence-corrected chi connectivity index (χ0v) is 19.3. The van der Waals surface area contributed by atoms with Crippen LogP contribution in [0.5, 0.6) is 0 Å². The summed E-state index contributed by atoms with van der Waals surface area (Å²) in [6, 6.07) is 0. The Balaban J connectivity index is 1.14. The van der Waals surface area contributed by atoms with Gasteiger partial charge in [-0.25, -0.2) is 4.98 Å². The van der Waals surface area contributed by atoms with E-state index in [4.69, 9.17) is 0 Å². The maximum atomic E-state index is 12.5. The lowest BCUT2D eigenvalue weighted by Gasteiger charge is -2.19. The minimum absolute atomic E-state index is 0.00264. The summed E-state index contributed by atoms with van der Waals surface area (Å²) < 4.78 is 0. The van der Waals surface area contributed by atoms with Crippen LogP contribution in [0.15, 0.2) is 4.79 Å². The Kier molecular flexibility index (Phi) is 7.84. The third-order valence-electron chi connectivity index (χ3n) is 6.01. The highest BCUT2D eigenvalue weighted by molar-refractivity contribution is 7.98. The van der Waals surface area contributed by atoms with E-state index in [1.807, 2.05) is 0 Å². The average Bonchev–Trinajstić information content (AvgIpc) is 3.20. The number of hydrogen-bond donors (Lipinski definition) is 2. The van der Waals surface area contributed by atoms with E-state index in [-0.39, 0.29) is 11.5 Å². The number of hydrogen-bond acceptors (Lipinski definition) is 6. The van der Waals surface area contributed by atoms with Crippen molar-refractivity contribution in [2.45, 2.75) is 63.5 Å². The molecule has 0 bridgehead atoms. The molecule has 1 saturated heterocycles. The van der Waals surface area contributed by atoms with E-state index < -0.39 is 0 Å². The van der Waals surface area contributed by atoms with Crippen LogP contribution in [-0.2, 0) is 23.4 Å². The molecule has 0 spiro atoms. The van der Waals surface area contributed by atoms with Crippen LogP contribution in [0.4, 0.5) is 0 Å². The molecule has 1 amide bonds. The Labute approximate surface area is 186 Å². The van der Waals surface area contributed by atoms with E-state index in [9.17, 15) is 9.59 Å². The number of H-pyrrole nitrogens is 1. The summed E-state index contributed by atoms with van der Waals surface area (Å²) in [6.07, 6.45) is 10.1. The highest BCUT2D eigenvalue weighted by Gasteiger charge is 2.21.